The number of ether oxygens (including phenoxy) is 8. The Kier molecular flexibility index (Phi) is 28.8. The number of benzene rings is 4. The molecule has 8 aliphatic rings. The van der Waals surface area contributed by atoms with E-state index in [-0.39, 0.29) is 158 Å². The molecule has 4 aromatic carbocycles. The Morgan fingerprint density at radius 2 is 0.553 bits per heavy atom. The molecule has 25 nitrogen and oxygen atoms in total. The highest BCUT2D eigenvalue weighted by Gasteiger charge is 2.61. The van der Waals surface area contributed by atoms with E-state index in [2.05, 4.69) is 39.7 Å². The molecule has 0 radical (unpaired) electrons. The molecular weight excluding hydrogens is 1680 g/mol. The van der Waals surface area contributed by atoms with Gasteiger partial charge in [-0.1, -0.05) is 19.7 Å². The van der Waals surface area contributed by atoms with Gasteiger partial charge in [-0.3, -0.25) is 53.5 Å². The molecule has 4 N–H and O–H groups in total. The summed E-state index contributed by atoms with van der Waals surface area (Å²) < 4.78 is 160. The van der Waals surface area contributed by atoms with Crippen molar-refractivity contribution in [3.8, 4) is 46.0 Å². The van der Waals surface area contributed by atoms with E-state index in [1.807, 2.05) is 24.3 Å². The molecule has 4 aromatic heterocycles. The Balaban J connectivity index is 0.000000168. The summed E-state index contributed by atoms with van der Waals surface area (Å²) in [5.74, 6) is -10.8. The fourth-order valence-electron chi connectivity index (χ4n) is 15.7. The number of anilines is 4. The van der Waals surface area contributed by atoms with E-state index in [1.165, 1.54) is 69.0 Å². The molecule has 36 heteroatoms. The lowest BCUT2D eigenvalue weighted by molar-refractivity contribution is -0.122. The molecule has 0 atom stereocenters. The molecule has 0 saturated heterocycles. The fourth-order valence-corrected chi connectivity index (χ4v) is 15.7. The number of hydrogen-bond donors (Lipinski definition) is 2. The van der Waals surface area contributed by atoms with Gasteiger partial charge < -0.3 is 69.0 Å². The SMILES string of the molecule is C=CC(=O)CCc1cc2c(cn1)CN(c1c(F)c(OC)cc(OC)c1F)C(=O)C21CC1.C=CC(=O)CCc1cc2c(cn1)CN(c1c(F)c(OC)cc(OC)c1F)C(=O)C21CC1.C=CC(=O)Cl.COc1cc(OC)c(F)c(N2Cc3cnc(CN)cc3C3(CC3)C2=O)c1F.COc1cc(OC)c(F)c(N2Cc3cnc(CN)cc3C3(CC3)C2=O)c1F.Cl.Cl. The number of hydrogen-bond acceptors (Lipinski definition) is 21. The smallest absolute Gasteiger partial charge is 0.244 e. The van der Waals surface area contributed by atoms with Crippen LogP contribution in [0, 0.1) is 46.5 Å². The number of pyridine rings is 4. The number of nitrogens with two attached hydrogens (primary N) is 2. The zero-order chi connectivity index (χ0) is 87.6. The summed E-state index contributed by atoms with van der Waals surface area (Å²) in [5.41, 5.74) is 15.3. The minimum atomic E-state index is -0.957. The van der Waals surface area contributed by atoms with E-state index >= 15 is 17.6 Å². The number of carbonyl (C=O) groups is 7. The first-order valence-corrected chi connectivity index (χ1v) is 38.4. The highest BCUT2D eigenvalue weighted by Crippen LogP contribution is 2.60. The van der Waals surface area contributed by atoms with Gasteiger partial charge in [0.15, 0.2) is 104 Å². The number of aromatic nitrogens is 4. The van der Waals surface area contributed by atoms with Crippen LogP contribution in [0.15, 0.2) is 111 Å². The second kappa shape index (κ2) is 37.9. The Morgan fingerprint density at radius 1 is 0.366 bits per heavy atom. The van der Waals surface area contributed by atoms with Crippen LogP contribution in [-0.4, -0.2) is 117 Å². The number of nitrogens with zero attached hydrogens (tertiary/aromatic N) is 8. The molecule has 16 rings (SSSR count). The van der Waals surface area contributed by atoms with Crippen molar-refractivity contribution in [3.05, 3.63) is 225 Å². The zero-order valence-electron chi connectivity index (χ0n) is 68.1. The Bertz CT molecular complexity index is 5140. The molecule has 4 amide bonds. The van der Waals surface area contributed by atoms with Crippen LogP contribution in [0.3, 0.4) is 0 Å². The van der Waals surface area contributed by atoms with Crippen LogP contribution >= 0.6 is 36.4 Å². The van der Waals surface area contributed by atoms with Crippen molar-refractivity contribution in [2.45, 2.75) is 138 Å². The highest BCUT2D eigenvalue weighted by molar-refractivity contribution is 6.66. The zero-order valence-corrected chi connectivity index (χ0v) is 70.5. The quantitative estimate of drug-likeness (QED) is 0.0341. The molecule has 652 valence electrons. The van der Waals surface area contributed by atoms with Crippen LogP contribution in [0.2, 0.25) is 0 Å². The Morgan fingerprint density at radius 3 is 0.715 bits per heavy atom. The predicted molar refractivity (Wildman–Crippen MR) is 442 cm³/mol. The maximum absolute atomic E-state index is 15.1. The average Bonchev–Trinajstić information content (AvgIpc) is 1.58. The minimum Gasteiger partial charge on any atom is -0.493 e. The van der Waals surface area contributed by atoms with Crippen LogP contribution in [0.1, 0.15) is 131 Å². The molecule has 4 saturated carbocycles. The molecular formula is C87H87Cl3F8N10O15. The first kappa shape index (κ1) is 93.5. The van der Waals surface area contributed by atoms with Gasteiger partial charge in [0.05, 0.1) is 116 Å². The lowest BCUT2D eigenvalue weighted by atomic mass is 9.86. The topological polar surface area (TPSA) is 310 Å². The number of ketones is 2. The Labute approximate surface area is 719 Å². The summed E-state index contributed by atoms with van der Waals surface area (Å²) in [6.45, 7) is 10.5. The third-order valence-electron chi connectivity index (χ3n) is 22.7. The van der Waals surface area contributed by atoms with Crippen molar-refractivity contribution in [2.75, 3.05) is 76.5 Å². The molecule has 4 fully saturated rings. The largest absolute Gasteiger partial charge is 0.493 e. The van der Waals surface area contributed by atoms with Crippen molar-refractivity contribution >= 4 is 99.6 Å². The van der Waals surface area contributed by atoms with Crippen LogP contribution in [-0.2, 0) is 107 Å². The lowest BCUT2D eigenvalue weighted by Crippen LogP contribution is -2.45. The van der Waals surface area contributed by atoms with Crippen molar-refractivity contribution in [3.63, 3.8) is 0 Å². The van der Waals surface area contributed by atoms with Gasteiger partial charge >= 0.3 is 0 Å². The van der Waals surface area contributed by atoms with E-state index < -0.39 is 96.2 Å². The number of carbonyl (C=O) groups excluding carboxylic acids is 7. The number of aryl methyl sites for hydroxylation is 2. The molecule has 4 aliphatic carbocycles. The van der Waals surface area contributed by atoms with Crippen molar-refractivity contribution < 1.29 is 107 Å². The van der Waals surface area contributed by atoms with Crippen LogP contribution in [0.4, 0.5) is 57.9 Å². The van der Waals surface area contributed by atoms with E-state index in [0.29, 0.717) is 87.0 Å². The molecule has 123 heavy (non-hydrogen) atoms. The number of amides is 4. The van der Waals surface area contributed by atoms with E-state index in [4.69, 9.17) is 61.0 Å². The van der Waals surface area contributed by atoms with Crippen molar-refractivity contribution in [2.24, 2.45) is 11.5 Å². The van der Waals surface area contributed by atoms with E-state index in [9.17, 15) is 51.1 Å². The second-order valence-electron chi connectivity index (χ2n) is 29.5. The predicted octanol–water partition coefficient (Wildman–Crippen LogP) is 13.9. The second-order valence-corrected chi connectivity index (χ2v) is 29.9. The minimum absolute atomic E-state index is 0. The molecule has 0 unspecified atom stereocenters. The monoisotopic (exact) mass is 1770 g/mol. The van der Waals surface area contributed by atoms with Crippen LogP contribution in [0.25, 0.3) is 0 Å². The molecule has 0 bridgehead atoms. The molecule has 4 aliphatic heterocycles. The first-order chi connectivity index (χ1) is 57.9. The van der Waals surface area contributed by atoms with Gasteiger partial charge in [-0.2, -0.15) is 0 Å². The number of halogens is 11. The van der Waals surface area contributed by atoms with E-state index in [1.54, 1.807) is 24.8 Å². The Hall–Kier alpha value is -11.8. The van der Waals surface area contributed by atoms with Gasteiger partial charge in [-0.25, -0.2) is 35.1 Å². The lowest BCUT2D eigenvalue weighted by Gasteiger charge is -2.35. The molecule has 8 heterocycles. The summed E-state index contributed by atoms with van der Waals surface area (Å²) >= 11 is 4.71. The van der Waals surface area contributed by atoms with Gasteiger partial charge in [0.1, 0.15) is 22.7 Å². The highest BCUT2D eigenvalue weighted by atomic mass is 35.5. The standard InChI is InChI=1S/2C23H22F2N2O4.2C19H19F2N3O3.C3H3ClO.2ClH/c2*1-4-15(28)6-5-14-9-16-13(11-26-14)12-27(22(29)23(16)7-8-23)21-19(24)17(30-2)10-18(31-3)20(21)25;2*1-26-13-6-14(27-2)16(21)17(15(13)20)24-9-10-8-23-11(7-22)5-12(10)19(3-4-19)18(24)25;1-2-3(4)5;;/h2*4,9-11H,1,5-8,12H2,2-3H3;2*5-6,8H,3-4,7,9,22H2,1-2H3;2H,1H2;2*1H. The summed E-state index contributed by atoms with van der Waals surface area (Å²) in [6, 6.07) is 11.8. The van der Waals surface area contributed by atoms with Gasteiger partial charge in [-0.15, -0.1) is 24.8 Å². The number of rotatable bonds is 23. The number of fused-ring (bicyclic) bond motifs is 8. The van der Waals surface area contributed by atoms with Gasteiger partial charge in [0, 0.05) is 86.4 Å². The molecule has 8 aromatic rings. The van der Waals surface area contributed by atoms with Crippen molar-refractivity contribution in [1.82, 2.24) is 19.9 Å². The van der Waals surface area contributed by atoms with Crippen LogP contribution < -0.4 is 69.0 Å². The summed E-state index contributed by atoms with van der Waals surface area (Å²) in [5, 5.41) is -0.509. The normalized spacial score (nSPS) is 15.9. The number of allylic oxidation sites excluding steroid dienone is 3. The third-order valence-corrected chi connectivity index (χ3v) is 22.9. The maximum atomic E-state index is 15.1. The van der Waals surface area contributed by atoms with Gasteiger partial charge in [-0.05, 0) is 163 Å². The summed E-state index contributed by atoms with van der Waals surface area (Å²) in [4.78, 5) is 108. The van der Waals surface area contributed by atoms with Gasteiger partial charge in [0.2, 0.25) is 28.9 Å². The maximum Gasteiger partial charge on any atom is 0.244 e. The molecule has 4 spiro atoms. The summed E-state index contributed by atoms with van der Waals surface area (Å²) in [7, 11) is 10.1. The van der Waals surface area contributed by atoms with Gasteiger partial charge in [0.25, 0.3) is 0 Å². The number of methoxy groups -OCH3 is 8. The third kappa shape index (κ3) is 17.4. The van der Waals surface area contributed by atoms with Crippen molar-refractivity contribution in [1.29, 1.82) is 0 Å². The summed E-state index contributed by atoms with van der Waals surface area (Å²) in [6.07, 6.45) is 16.3. The average molecular weight is 1770 g/mol. The van der Waals surface area contributed by atoms with E-state index in [0.717, 1.165) is 94.4 Å². The fraction of sp³-hybridized carbons (Fsp3) is 0.345. The first-order valence-electron chi connectivity index (χ1n) is 38.1. The van der Waals surface area contributed by atoms with Crippen LogP contribution in [0.5, 0.6) is 46.0 Å².